The maximum atomic E-state index is 14.8. The van der Waals surface area contributed by atoms with Crippen molar-refractivity contribution in [1.29, 1.82) is 0 Å². The Balaban J connectivity index is 1.63. The first-order valence-electron chi connectivity index (χ1n) is 16.0. The Morgan fingerprint density at radius 2 is 1.35 bits per heavy atom. The summed E-state index contributed by atoms with van der Waals surface area (Å²) in [6.07, 6.45) is -6.53. The van der Waals surface area contributed by atoms with Crippen molar-refractivity contribution in [2.24, 2.45) is 0 Å². The maximum absolute atomic E-state index is 14.8. The Labute approximate surface area is 289 Å². The average Bonchev–Trinajstić information content (AvgIpc) is 3.33. The van der Waals surface area contributed by atoms with Gasteiger partial charge in [-0.2, -0.15) is 26.3 Å². The monoisotopic (exact) mass is 708 g/mol. The molecule has 5 aromatic rings. The second kappa shape index (κ2) is 11.3. The van der Waals surface area contributed by atoms with Crippen molar-refractivity contribution in [2.75, 3.05) is 21.3 Å². The van der Waals surface area contributed by atoms with Crippen LogP contribution in [0.4, 0.5) is 26.3 Å². The molecule has 2 aliphatic rings. The minimum Gasteiger partial charge on any atom is -0.587 e. The van der Waals surface area contributed by atoms with Gasteiger partial charge in [-0.15, -0.1) is 0 Å². The highest BCUT2D eigenvalue weighted by molar-refractivity contribution is 6.11. The molecule has 0 saturated heterocycles. The van der Waals surface area contributed by atoms with Crippen LogP contribution in [0.5, 0.6) is 28.7 Å². The Bertz CT molecular complexity index is 2200. The fourth-order valence-electron chi connectivity index (χ4n) is 7.87. The average molecular weight is 709 g/mol. The number of fused-ring (bicyclic) bond motifs is 8. The van der Waals surface area contributed by atoms with Crippen LogP contribution in [-0.2, 0) is 23.4 Å². The lowest BCUT2D eigenvalue weighted by Crippen LogP contribution is -2.35. The molecule has 1 heterocycles. The van der Waals surface area contributed by atoms with E-state index in [0.29, 0.717) is 61.6 Å². The smallest absolute Gasteiger partial charge is 0.416 e. The quantitative estimate of drug-likeness (QED) is 0.135. The maximum Gasteiger partial charge on any atom is 0.416 e. The zero-order valence-electron chi connectivity index (χ0n) is 28.4. The highest BCUT2D eigenvalue weighted by Gasteiger charge is 2.50. The van der Waals surface area contributed by atoms with E-state index in [1.54, 1.807) is 65.3 Å². The SMILES string of the molecule is COc1ccc(C2(c3ccc(OC)cc3)C=Cc3c4c(c5cc([OH2+])c([OH+]C)c(C)c5c3O2)-c2cc(C(F)(F)F)cc(C(F)(F)F)c2C4(C)C)cc1. The molecule has 264 valence electrons. The number of hydrogen-bond donors (Lipinski definition) is 0. The van der Waals surface area contributed by atoms with Crippen LogP contribution >= 0.6 is 0 Å². The van der Waals surface area contributed by atoms with Crippen molar-refractivity contribution in [2.45, 2.75) is 44.1 Å². The number of rotatable bonds is 5. The molecule has 7 rings (SSSR count). The lowest BCUT2D eigenvalue weighted by Gasteiger charge is -2.38. The molecule has 5 nitrogen and oxygen atoms in total. The van der Waals surface area contributed by atoms with E-state index in [-0.39, 0.29) is 28.5 Å². The Morgan fingerprint density at radius 1 is 0.784 bits per heavy atom. The first-order chi connectivity index (χ1) is 24.0. The van der Waals surface area contributed by atoms with Crippen LogP contribution in [0.15, 0.2) is 72.8 Å². The van der Waals surface area contributed by atoms with E-state index in [0.717, 1.165) is 6.07 Å². The van der Waals surface area contributed by atoms with Gasteiger partial charge in [-0.25, -0.2) is 0 Å². The molecular weight excluding hydrogens is 674 g/mol. The fraction of sp³-hybridized carbons (Fsp3) is 0.250. The summed E-state index contributed by atoms with van der Waals surface area (Å²) >= 11 is 0. The van der Waals surface area contributed by atoms with Crippen LogP contribution in [0.2, 0.25) is 0 Å². The summed E-state index contributed by atoms with van der Waals surface area (Å²) in [7, 11) is 4.63. The molecule has 0 amide bonds. The highest BCUT2D eigenvalue weighted by Crippen LogP contribution is 2.62. The zero-order chi connectivity index (χ0) is 36.8. The lowest BCUT2D eigenvalue weighted by atomic mass is 9.75. The molecule has 51 heavy (non-hydrogen) atoms. The summed E-state index contributed by atoms with van der Waals surface area (Å²) < 4.78 is 109. The third-order valence-corrected chi connectivity index (χ3v) is 10.1. The standard InChI is InChI=1S/C40H32F6O5/c1-20-31-27(19-30(47)35(20)50-6)32-28-17-23(39(41,42)43)18-29(40(44,45)46)33(28)37(2,3)34(32)26-15-16-38(51-36(26)31,21-7-11-24(48-4)12-8-21)22-9-13-25(49-5)14-10-22/h7-19,47H,1-6H3/p+2. The molecule has 0 saturated carbocycles. The summed E-state index contributed by atoms with van der Waals surface area (Å²) in [6.45, 7) is 4.89. The van der Waals surface area contributed by atoms with E-state index < -0.39 is 34.5 Å². The molecule has 0 bridgehead atoms. The van der Waals surface area contributed by atoms with Crippen LogP contribution in [0, 0.1) is 6.92 Å². The highest BCUT2D eigenvalue weighted by atomic mass is 19.4. The molecule has 1 aliphatic carbocycles. The molecule has 3 N–H and O–H groups in total. The van der Waals surface area contributed by atoms with Crippen LogP contribution < -0.4 is 14.2 Å². The van der Waals surface area contributed by atoms with Crippen molar-refractivity contribution >= 4 is 16.8 Å². The van der Waals surface area contributed by atoms with E-state index in [4.69, 9.17) is 19.3 Å². The molecule has 1 aliphatic heterocycles. The van der Waals surface area contributed by atoms with Gasteiger partial charge in [0.25, 0.3) is 0 Å². The summed E-state index contributed by atoms with van der Waals surface area (Å²) in [6, 6.07) is 17.0. The van der Waals surface area contributed by atoms with E-state index in [1.165, 1.54) is 13.2 Å². The summed E-state index contributed by atoms with van der Waals surface area (Å²) in [5.41, 5.74) is -3.00. The van der Waals surface area contributed by atoms with Crippen molar-refractivity contribution in [3.8, 4) is 39.9 Å². The van der Waals surface area contributed by atoms with E-state index >= 15 is 0 Å². The number of halogens is 6. The predicted octanol–water partition coefficient (Wildman–Crippen LogP) is 10.2. The van der Waals surface area contributed by atoms with Gasteiger partial charge in [-0.1, -0.05) is 44.2 Å². The largest absolute Gasteiger partial charge is 0.587 e. The zero-order valence-corrected chi connectivity index (χ0v) is 28.4. The van der Waals surface area contributed by atoms with E-state index in [1.807, 2.05) is 30.3 Å². The second-order valence-electron chi connectivity index (χ2n) is 13.2. The molecule has 0 atom stereocenters. The van der Waals surface area contributed by atoms with Crippen LogP contribution in [0.3, 0.4) is 0 Å². The summed E-state index contributed by atoms with van der Waals surface area (Å²) in [5.74, 6) is 1.82. The molecule has 0 unspecified atom stereocenters. The first kappa shape index (κ1) is 34.1. The van der Waals surface area contributed by atoms with Crippen molar-refractivity contribution in [3.63, 3.8) is 0 Å². The Morgan fingerprint density at radius 3 is 1.84 bits per heavy atom. The van der Waals surface area contributed by atoms with Gasteiger partial charge < -0.3 is 24.1 Å². The van der Waals surface area contributed by atoms with Gasteiger partial charge in [0.15, 0.2) is 12.7 Å². The Kier molecular flexibility index (Phi) is 7.60. The summed E-state index contributed by atoms with van der Waals surface area (Å²) in [4.78, 5) is 0. The van der Waals surface area contributed by atoms with E-state index in [2.05, 4.69) is 4.74 Å². The van der Waals surface area contributed by atoms with Gasteiger partial charge in [0, 0.05) is 32.9 Å². The Hall–Kier alpha value is -5.32. The first-order valence-corrected chi connectivity index (χ1v) is 16.0. The number of aromatic hydroxyl groups is 1. The van der Waals surface area contributed by atoms with Gasteiger partial charge in [0.2, 0.25) is 0 Å². The summed E-state index contributed by atoms with van der Waals surface area (Å²) in [5, 5.41) is 9.59. The van der Waals surface area contributed by atoms with Crippen LogP contribution in [0.25, 0.3) is 28.0 Å². The molecule has 0 fully saturated rings. The van der Waals surface area contributed by atoms with Gasteiger partial charge in [0.05, 0.1) is 37.0 Å². The minimum atomic E-state index is -5.09. The fourth-order valence-corrected chi connectivity index (χ4v) is 7.87. The topological polar surface area (TPSA) is 63.4 Å². The van der Waals surface area contributed by atoms with Crippen LogP contribution in [0.1, 0.15) is 58.4 Å². The van der Waals surface area contributed by atoms with Gasteiger partial charge in [-0.05, 0) is 71.7 Å². The predicted molar refractivity (Wildman–Crippen MR) is 183 cm³/mol. The number of hydrogen-bond acceptors (Lipinski definition) is 3. The van der Waals surface area contributed by atoms with E-state index in [9.17, 15) is 26.3 Å². The normalized spacial score (nSPS) is 15.5. The molecule has 11 heteroatoms. The number of methoxy groups -OCH3 is 2. The number of alkyl halides is 6. The number of ether oxygens (including phenoxy) is 4. The number of aliphatic hydroxyl groups is 1. The van der Waals surface area contributed by atoms with Gasteiger partial charge in [-0.3, -0.25) is 0 Å². The molecule has 0 aromatic heterocycles. The molecule has 0 radical (unpaired) electrons. The van der Waals surface area contributed by atoms with Crippen molar-refractivity contribution in [1.82, 2.24) is 0 Å². The second-order valence-corrected chi connectivity index (χ2v) is 13.2. The molecule has 5 aromatic carbocycles. The van der Waals surface area contributed by atoms with Crippen molar-refractivity contribution < 1.29 is 50.4 Å². The lowest BCUT2D eigenvalue weighted by molar-refractivity contribution is -0.143. The number of aryl methyl sites for hydroxylation is 1. The molecule has 0 spiro atoms. The van der Waals surface area contributed by atoms with Crippen LogP contribution in [-0.4, -0.2) is 31.2 Å². The third-order valence-electron chi connectivity index (χ3n) is 10.1. The van der Waals surface area contributed by atoms with Gasteiger partial charge >= 0.3 is 23.9 Å². The van der Waals surface area contributed by atoms with Gasteiger partial charge in [0.1, 0.15) is 17.2 Å². The third kappa shape index (κ3) is 4.99. The minimum absolute atomic E-state index is 0.0261. The van der Waals surface area contributed by atoms with Crippen molar-refractivity contribution in [3.05, 3.63) is 117 Å². The number of benzene rings is 5. The molecular formula is C40H34F6O5+2.